The second-order valence-corrected chi connectivity index (χ2v) is 5.95. The number of piperazine rings is 1. The third-order valence-electron chi connectivity index (χ3n) is 4.42. The summed E-state index contributed by atoms with van der Waals surface area (Å²) in [4.78, 5) is 16.0. The van der Waals surface area contributed by atoms with E-state index in [9.17, 15) is 13.6 Å². The summed E-state index contributed by atoms with van der Waals surface area (Å²) >= 11 is 0. The molecular formula is C19H20F2N2O3. The van der Waals surface area contributed by atoms with Crippen LogP contribution in [0.25, 0.3) is 0 Å². The van der Waals surface area contributed by atoms with Gasteiger partial charge in [0.2, 0.25) is 0 Å². The van der Waals surface area contributed by atoms with Crippen molar-refractivity contribution in [2.45, 2.75) is 0 Å². The standard InChI is InChI=1S/C19H20F2N2O3/c1-25-14-10-13(11-15(12-14)26-2)19(24)23-8-6-22(7-9-23)18-16(20)4-3-5-17(18)21/h3-5,10-12H,6-9H2,1-2H3. The highest BCUT2D eigenvalue weighted by Gasteiger charge is 2.26. The molecule has 1 aliphatic heterocycles. The lowest BCUT2D eigenvalue weighted by Crippen LogP contribution is -2.49. The van der Waals surface area contributed by atoms with E-state index in [1.807, 2.05) is 0 Å². The van der Waals surface area contributed by atoms with Gasteiger partial charge in [0.1, 0.15) is 28.8 Å². The molecular weight excluding hydrogens is 342 g/mol. The van der Waals surface area contributed by atoms with Crippen LogP contribution in [0.4, 0.5) is 14.5 Å². The van der Waals surface area contributed by atoms with Gasteiger partial charge in [-0.2, -0.15) is 0 Å². The number of methoxy groups -OCH3 is 2. The van der Waals surface area contributed by atoms with E-state index < -0.39 is 11.6 Å². The number of carbonyl (C=O) groups is 1. The molecule has 1 heterocycles. The van der Waals surface area contributed by atoms with Crippen LogP contribution in [0.1, 0.15) is 10.4 Å². The highest BCUT2D eigenvalue weighted by Crippen LogP contribution is 2.26. The fourth-order valence-electron chi connectivity index (χ4n) is 3.04. The van der Waals surface area contributed by atoms with Crippen molar-refractivity contribution in [2.24, 2.45) is 0 Å². The molecule has 7 heteroatoms. The fourth-order valence-corrected chi connectivity index (χ4v) is 3.04. The van der Waals surface area contributed by atoms with Crippen molar-refractivity contribution in [3.8, 4) is 11.5 Å². The number of rotatable bonds is 4. The Bertz CT molecular complexity index is 763. The summed E-state index contributed by atoms with van der Waals surface area (Å²) < 4.78 is 38.3. The third-order valence-corrected chi connectivity index (χ3v) is 4.42. The SMILES string of the molecule is COc1cc(OC)cc(C(=O)N2CCN(c3c(F)cccc3F)CC2)c1. The molecule has 1 amide bonds. The largest absolute Gasteiger partial charge is 0.497 e. The van der Waals surface area contributed by atoms with Crippen molar-refractivity contribution in [2.75, 3.05) is 45.3 Å². The molecule has 0 radical (unpaired) electrons. The Morgan fingerprint density at radius 1 is 0.923 bits per heavy atom. The minimum atomic E-state index is -0.595. The zero-order valence-corrected chi connectivity index (χ0v) is 14.7. The van der Waals surface area contributed by atoms with Crippen LogP contribution in [0.15, 0.2) is 36.4 Å². The first-order valence-corrected chi connectivity index (χ1v) is 8.25. The molecule has 0 aliphatic carbocycles. The van der Waals surface area contributed by atoms with E-state index in [0.717, 1.165) is 0 Å². The van der Waals surface area contributed by atoms with Gasteiger partial charge in [0.05, 0.1) is 14.2 Å². The van der Waals surface area contributed by atoms with E-state index in [4.69, 9.17) is 9.47 Å². The van der Waals surface area contributed by atoms with Gasteiger partial charge >= 0.3 is 0 Å². The van der Waals surface area contributed by atoms with E-state index in [1.165, 1.54) is 32.4 Å². The van der Waals surface area contributed by atoms with Crippen LogP contribution in [-0.2, 0) is 0 Å². The van der Waals surface area contributed by atoms with Crippen LogP contribution in [-0.4, -0.2) is 51.2 Å². The molecule has 1 saturated heterocycles. The van der Waals surface area contributed by atoms with E-state index in [-0.39, 0.29) is 11.6 Å². The Balaban J connectivity index is 1.73. The first-order valence-electron chi connectivity index (χ1n) is 8.25. The van der Waals surface area contributed by atoms with Crippen LogP contribution in [0.3, 0.4) is 0 Å². The van der Waals surface area contributed by atoms with Crippen molar-refractivity contribution in [3.05, 3.63) is 53.6 Å². The number of para-hydroxylation sites is 1. The number of hydrogen-bond acceptors (Lipinski definition) is 4. The number of benzene rings is 2. The number of anilines is 1. The number of nitrogens with zero attached hydrogens (tertiary/aromatic N) is 2. The molecule has 3 rings (SSSR count). The summed E-state index contributed by atoms with van der Waals surface area (Å²) in [5, 5.41) is 0. The molecule has 2 aromatic rings. The van der Waals surface area contributed by atoms with Gasteiger partial charge in [0.15, 0.2) is 0 Å². The molecule has 138 valence electrons. The Morgan fingerprint density at radius 2 is 1.46 bits per heavy atom. The van der Waals surface area contributed by atoms with Crippen LogP contribution in [0.5, 0.6) is 11.5 Å². The molecule has 2 aromatic carbocycles. The first kappa shape index (κ1) is 18.0. The molecule has 0 bridgehead atoms. The molecule has 0 N–H and O–H groups in total. The summed E-state index contributed by atoms with van der Waals surface area (Å²) in [5.74, 6) is -0.306. The number of ether oxygens (including phenoxy) is 2. The Labute approximate surface area is 150 Å². The maximum absolute atomic E-state index is 13.9. The lowest BCUT2D eigenvalue weighted by atomic mass is 10.1. The van der Waals surface area contributed by atoms with Gasteiger partial charge in [0.25, 0.3) is 5.91 Å². The van der Waals surface area contributed by atoms with Gasteiger partial charge in [-0.25, -0.2) is 8.78 Å². The van der Waals surface area contributed by atoms with E-state index >= 15 is 0 Å². The maximum atomic E-state index is 13.9. The van der Waals surface area contributed by atoms with E-state index in [0.29, 0.717) is 43.2 Å². The molecule has 0 unspecified atom stereocenters. The highest BCUT2D eigenvalue weighted by molar-refractivity contribution is 5.95. The van der Waals surface area contributed by atoms with Crippen molar-refractivity contribution >= 4 is 11.6 Å². The smallest absolute Gasteiger partial charge is 0.254 e. The average molecular weight is 362 g/mol. The Morgan fingerprint density at radius 3 is 1.96 bits per heavy atom. The van der Waals surface area contributed by atoms with Crippen molar-refractivity contribution < 1.29 is 23.0 Å². The predicted octanol–water partition coefficient (Wildman–Crippen LogP) is 2.94. The lowest BCUT2D eigenvalue weighted by Gasteiger charge is -2.36. The maximum Gasteiger partial charge on any atom is 0.254 e. The van der Waals surface area contributed by atoms with Crippen LogP contribution < -0.4 is 14.4 Å². The molecule has 1 aliphatic rings. The molecule has 26 heavy (non-hydrogen) atoms. The van der Waals surface area contributed by atoms with Crippen molar-refractivity contribution in [1.29, 1.82) is 0 Å². The van der Waals surface area contributed by atoms with Crippen LogP contribution in [0, 0.1) is 11.6 Å². The van der Waals surface area contributed by atoms with Gasteiger partial charge < -0.3 is 19.3 Å². The minimum absolute atomic E-state index is 0.0392. The number of hydrogen-bond donors (Lipinski definition) is 0. The van der Waals surface area contributed by atoms with Crippen LogP contribution in [0.2, 0.25) is 0 Å². The number of amides is 1. The van der Waals surface area contributed by atoms with Gasteiger partial charge in [-0.3, -0.25) is 4.79 Å². The Hall–Kier alpha value is -2.83. The molecule has 1 fully saturated rings. The number of halogens is 2. The minimum Gasteiger partial charge on any atom is -0.497 e. The predicted molar refractivity (Wildman–Crippen MR) is 94.0 cm³/mol. The molecule has 5 nitrogen and oxygen atoms in total. The van der Waals surface area contributed by atoms with Crippen molar-refractivity contribution in [3.63, 3.8) is 0 Å². The van der Waals surface area contributed by atoms with Crippen LogP contribution >= 0.6 is 0 Å². The second-order valence-electron chi connectivity index (χ2n) is 5.95. The normalized spacial score (nSPS) is 14.3. The zero-order chi connectivity index (χ0) is 18.7. The summed E-state index contributed by atoms with van der Waals surface area (Å²) in [6.07, 6.45) is 0. The topological polar surface area (TPSA) is 42.0 Å². The highest BCUT2D eigenvalue weighted by atomic mass is 19.1. The van der Waals surface area contributed by atoms with Gasteiger partial charge in [-0.1, -0.05) is 6.07 Å². The summed E-state index contributed by atoms with van der Waals surface area (Å²) in [7, 11) is 3.04. The summed E-state index contributed by atoms with van der Waals surface area (Å²) in [6.45, 7) is 1.44. The van der Waals surface area contributed by atoms with E-state index in [1.54, 1.807) is 28.0 Å². The third kappa shape index (κ3) is 3.56. The second kappa shape index (κ2) is 7.59. The Kier molecular flexibility index (Phi) is 5.25. The average Bonchev–Trinajstić information content (AvgIpc) is 2.67. The molecule has 0 spiro atoms. The van der Waals surface area contributed by atoms with Gasteiger partial charge in [-0.15, -0.1) is 0 Å². The van der Waals surface area contributed by atoms with Gasteiger partial charge in [-0.05, 0) is 24.3 Å². The molecule has 0 saturated carbocycles. The molecule has 0 atom stereocenters. The monoisotopic (exact) mass is 362 g/mol. The fraction of sp³-hybridized carbons (Fsp3) is 0.316. The van der Waals surface area contributed by atoms with E-state index in [2.05, 4.69) is 0 Å². The lowest BCUT2D eigenvalue weighted by molar-refractivity contribution is 0.0745. The summed E-state index contributed by atoms with van der Waals surface area (Å²) in [5.41, 5.74) is 0.411. The van der Waals surface area contributed by atoms with Gasteiger partial charge in [0, 0.05) is 37.8 Å². The first-order chi connectivity index (χ1) is 12.5. The number of carbonyl (C=O) groups excluding carboxylic acids is 1. The summed E-state index contributed by atoms with van der Waals surface area (Å²) in [6, 6.07) is 8.79. The zero-order valence-electron chi connectivity index (χ0n) is 14.7. The molecule has 0 aromatic heterocycles. The van der Waals surface area contributed by atoms with Crippen molar-refractivity contribution in [1.82, 2.24) is 4.90 Å². The quantitative estimate of drug-likeness (QED) is 0.839.